The Balaban J connectivity index is 0.00000113. The summed E-state index contributed by atoms with van der Waals surface area (Å²) in [6.45, 7) is 0.855. The Kier molecular flexibility index (Phi) is 9.32. The van der Waals surface area contributed by atoms with Crippen molar-refractivity contribution in [2.45, 2.75) is 54.0 Å². The normalized spacial score (nSPS) is 23.6. The number of nitrogens with zero attached hydrogens (tertiary/aromatic N) is 1. The average molecular weight is 648 g/mol. The monoisotopic (exact) mass is 646 g/mol. The zero-order valence-corrected chi connectivity index (χ0v) is 25.6. The zero-order chi connectivity index (χ0) is 29.9. The molecule has 1 amide bonds. The quantitative estimate of drug-likeness (QED) is 0.391. The van der Waals surface area contributed by atoms with Gasteiger partial charge >= 0.3 is 6.15 Å². The third-order valence-corrected chi connectivity index (χ3v) is 11.6. The maximum absolute atomic E-state index is 13.6. The van der Waals surface area contributed by atoms with Crippen molar-refractivity contribution in [1.29, 1.82) is 0 Å². The van der Waals surface area contributed by atoms with E-state index in [0.717, 1.165) is 35.5 Å². The average Bonchev–Trinajstić information content (AvgIpc) is 3.53. The first kappa shape index (κ1) is 30.6. The van der Waals surface area contributed by atoms with Crippen LogP contribution in [-0.4, -0.2) is 49.8 Å². The molecule has 0 bridgehead atoms. The Morgan fingerprint density at radius 3 is 2.43 bits per heavy atom. The van der Waals surface area contributed by atoms with Gasteiger partial charge in [0.2, 0.25) is 15.9 Å². The largest absolute Gasteiger partial charge is 0.489 e. The van der Waals surface area contributed by atoms with E-state index in [4.69, 9.17) is 37.5 Å². The van der Waals surface area contributed by atoms with Crippen molar-refractivity contribution in [3.63, 3.8) is 0 Å². The fourth-order valence-electron chi connectivity index (χ4n) is 6.08. The van der Waals surface area contributed by atoms with Gasteiger partial charge in [0.25, 0.3) is 0 Å². The highest BCUT2D eigenvalue weighted by atomic mass is 35.5. The minimum Gasteiger partial charge on any atom is -0.489 e. The van der Waals surface area contributed by atoms with Crippen LogP contribution < -0.4 is 9.46 Å². The van der Waals surface area contributed by atoms with Gasteiger partial charge in [0.05, 0.1) is 16.5 Å². The van der Waals surface area contributed by atoms with Gasteiger partial charge in [-0.2, -0.15) is 9.59 Å². The Labute approximate surface area is 258 Å². The molecule has 3 aromatic rings. The van der Waals surface area contributed by atoms with Crippen molar-refractivity contribution < 1.29 is 27.5 Å². The summed E-state index contributed by atoms with van der Waals surface area (Å²) in [4.78, 5) is 32.9. The van der Waals surface area contributed by atoms with E-state index in [1.54, 1.807) is 23.9 Å². The van der Waals surface area contributed by atoms with Gasteiger partial charge in [0.1, 0.15) is 18.4 Å². The van der Waals surface area contributed by atoms with E-state index in [1.807, 2.05) is 35.2 Å². The highest BCUT2D eigenvalue weighted by Crippen LogP contribution is 2.56. The van der Waals surface area contributed by atoms with E-state index in [2.05, 4.69) is 29.0 Å². The number of carbonyl (C=O) groups is 1. The summed E-state index contributed by atoms with van der Waals surface area (Å²) in [5.74, 6) is 0.627. The first-order chi connectivity index (χ1) is 20.2. The minimum atomic E-state index is -3.38. The Hall–Kier alpha value is -2.85. The summed E-state index contributed by atoms with van der Waals surface area (Å²) in [5, 5.41) is 1.14. The van der Waals surface area contributed by atoms with Gasteiger partial charge in [-0.3, -0.25) is 4.79 Å². The number of nitrogens with one attached hydrogen (secondary N) is 1. The van der Waals surface area contributed by atoms with Crippen molar-refractivity contribution in [3.8, 4) is 5.75 Å². The molecule has 3 aromatic carbocycles. The third kappa shape index (κ3) is 6.25. The van der Waals surface area contributed by atoms with Crippen LogP contribution in [0, 0.1) is 0 Å². The number of sulfonamides is 1. The molecule has 0 aromatic heterocycles. The topological polar surface area (TPSA) is 110 Å². The fraction of sp³-hybridized carbons (Fsp3) is 0.333. The van der Waals surface area contributed by atoms with E-state index in [9.17, 15) is 13.2 Å². The molecule has 2 fully saturated rings. The van der Waals surface area contributed by atoms with E-state index < -0.39 is 16.1 Å². The Morgan fingerprint density at radius 1 is 1.05 bits per heavy atom. The molecule has 3 unspecified atom stereocenters. The number of aryl methyl sites for hydroxylation is 1. The van der Waals surface area contributed by atoms with Gasteiger partial charge in [0.15, 0.2) is 0 Å². The van der Waals surface area contributed by atoms with Crippen LogP contribution in [0.1, 0.15) is 36.0 Å². The number of thioether (sulfide) groups is 1. The number of benzene rings is 3. The number of rotatable bonds is 6. The van der Waals surface area contributed by atoms with E-state index in [-0.39, 0.29) is 35.2 Å². The van der Waals surface area contributed by atoms with Crippen molar-refractivity contribution >= 4 is 57.0 Å². The van der Waals surface area contributed by atoms with Crippen molar-refractivity contribution in [1.82, 2.24) is 9.62 Å². The summed E-state index contributed by atoms with van der Waals surface area (Å²) >= 11 is 14.5. The lowest BCUT2D eigenvalue weighted by Crippen LogP contribution is -2.51. The van der Waals surface area contributed by atoms with Gasteiger partial charge in [-0.1, -0.05) is 53.5 Å². The van der Waals surface area contributed by atoms with Gasteiger partial charge in [0, 0.05) is 27.0 Å². The SMILES string of the molecule is O=C(C1CCS(=O)(=O)N1)N1CCC2(Sc3ccccc3)c3ccc(OCc4c(Cl)cccc4Cl)cc3CCC12.O=C=O. The summed E-state index contributed by atoms with van der Waals surface area (Å²) in [6, 6.07) is 21.2. The maximum Gasteiger partial charge on any atom is 0.373 e. The number of carbonyl (C=O) groups excluding carboxylic acids is 3. The standard InChI is InChI=1S/C29H28Cl2N2O4S2.CO2/c30-24-7-4-8-25(31)22(24)18-37-20-10-11-23-19(17-20)9-12-27-29(23,38-21-5-2-1-3-6-21)14-15-33(27)28(34)26-13-16-39(35,36)32-26;2-1-3/h1-8,10-11,17,26-27,32H,9,12-16,18H2;. The molecule has 8 nitrogen and oxygen atoms in total. The number of likely N-dealkylation sites (tertiary alicyclic amines) is 1. The van der Waals surface area contributed by atoms with Crippen LogP contribution in [-0.2, 0) is 42.2 Å². The lowest BCUT2D eigenvalue weighted by Gasteiger charge is -2.43. The molecule has 2 saturated heterocycles. The van der Waals surface area contributed by atoms with Gasteiger partial charge in [-0.25, -0.2) is 13.1 Å². The molecule has 3 atom stereocenters. The predicted octanol–water partition coefficient (Wildman–Crippen LogP) is 5.22. The molecule has 12 heteroatoms. The van der Waals surface area contributed by atoms with Crippen molar-refractivity contribution in [2.75, 3.05) is 12.3 Å². The molecule has 1 aliphatic carbocycles. The molecule has 0 radical (unpaired) electrons. The van der Waals surface area contributed by atoms with Gasteiger partial charge in [-0.05, 0) is 73.2 Å². The zero-order valence-electron chi connectivity index (χ0n) is 22.4. The van der Waals surface area contributed by atoms with Crippen molar-refractivity contribution in [3.05, 3.63) is 93.5 Å². The third-order valence-electron chi connectivity index (χ3n) is 7.92. The molecule has 0 saturated carbocycles. The lowest BCUT2D eigenvalue weighted by molar-refractivity contribution is -0.191. The minimum absolute atomic E-state index is 0.00314. The first-order valence-electron chi connectivity index (χ1n) is 13.4. The predicted molar refractivity (Wildman–Crippen MR) is 160 cm³/mol. The van der Waals surface area contributed by atoms with Crippen LogP contribution >= 0.6 is 35.0 Å². The van der Waals surface area contributed by atoms with E-state index >= 15 is 0 Å². The molecular weight excluding hydrogens is 619 g/mol. The number of fused-ring (bicyclic) bond motifs is 3. The highest BCUT2D eigenvalue weighted by Gasteiger charge is 2.54. The maximum atomic E-state index is 13.6. The van der Waals surface area contributed by atoms with E-state index in [0.29, 0.717) is 23.0 Å². The summed E-state index contributed by atoms with van der Waals surface area (Å²) in [6.07, 6.45) is 2.93. The molecule has 2 heterocycles. The molecule has 6 rings (SSSR count). The molecule has 220 valence electrons. The van der Waals surface area contributed by atoms with Gasteiger partial charge < -0.3 is 9.64 Å². The Morgan fingerprint density at radius 2 is 1.76 bits per heavy atom. The second-order valence-electron chi connectivity index (χ2n) is 10.3. The summed E-state index contributed by atoms with van der Waals surface area (Å²) in [7, 11) is -3.38. The summed E-state index contributed by atoms with van der Waals surface area (Å²) in [5.41, 5.74) is 3.16. The molecule has 42 heavy (non-hydrogen) atoms. The van der Waals surface area contributed by atoms with Crippen LogP contribution in [0.5, 0.6) is 5.75 Å². The smallest absolute Gasteiger partial charge is 0.373 e. The first-order valence-corrected chi connectivity index (χ1v) is 16.6. The number of hydrogen-bond acceptors (Lipinski definition) is 7. The van der Waals surface area contributed by atoms with Crippen LogP contribution in [0.2, 0.25) is 10.0 Å². The second-order valence-corrected chi connectivity index (χ2v) is 14.4. The molecule has 0 spiro atoms. The van der Waals surface area contributed by atoms with Crippen LogP contribution in [0.4, 0.5) is 0 Å². The molecule has 3 aliphatic rings. The van der Waals surface area contributed by atoms with Crippen LogP contribution in [0.3, 0.4) is 0 Å². The number of amides is 1. The highest BCUT2D eigenvalue weighted by molar-refractivity contribution is 8.00. The lowest BCUT2D eigenvalue weighted by atomic mass is 9.78. The van der Waals surface area contributed by atoms with Crippen LogP contribution in [0.15, 0.2) is 71.6 Å². The molecular formula is C30H28Cl2N2O6S2. The van der Waals surface area contributed by atoms with E-state index in [1.165, 1.54) is 11.1 Å². The molecule has 2 aliphatic heterocycles. The number of hydrogen-bond donors (Lipinski definition) is 1. The Bertz CT molecular complexity index is 1590. The second kappa shape index (κ2) is 12.8. The van der Waals surface area contributed by atoms with Gasteiger partial charge in [-0.15, -0.1) is 11.8 Å². The van der Waals surface area contributed by atoms with Crippen molar-refractivity contribution in [2.24, 2.45) is 0 Å². The number of ether oxygens (including phenoxy) is 1. The summed E-state index contributed by atoms with van der Waals surface area (Å²) < 4.78 is 32.4. The number of halogens is 2. The fourth-order valence-corrected chi connectivity index (χ4v) is 9.50. The molecule has 1 N–H and O–H groups in total. The van der Waals surface area contributed by atoms with Crippen LogP contribution in [0.25, 0.3) is 0 Å².